The van der Waals surface area contributed by atoms with Crippen LogP contribution in [0.25, 0.3) is 11.1 Å². The standard InChI is InChI=1S/C16H19FN4O2S/c1-4-23-16(22)19-15(24)18-14-12(13(9(2)3)20-21-14)10-5-7-11(17)8-6-10/h5-9H,4H2,1-3H3,(H3,18,19,20,21,22,24). The highest BCUT2D eigenvalue weighted by Crippen LogP contribution is 2.33. The molecule has 1 aromatic heterocycles. The number of ether oxygens (including phenoxy) is 1. The minimum atomic E-state index is -0.637. The normalized spacial score (nSPS) is 10.5. The van der Waals surface area contributed by atoms with E-state index in [0.29, 0.717) is 5.82 Å². The number of thiocarbonyl (C=S) groups is 1. The Hall–Kier alpha value is -2.48. The first-order valence-electron chi connectivity index (χ1n) is 7.51. The first kappa shape index (κ1) is 17.9. The topological polar surface area (TPSA) is 79.0 Å². The molecule has 0 fully saturated rings. The van der Waals surface area contributed by atoms with E-state index in [1.165, 1.54) is 12.1 Å². The van der Waals surface area contributed by atoms with Crippen LogP contribution in [0.15, 0.2) is 24.3 Å². The van der Waals surface area contributed by atoms with Gasteiger partial charge in [-0.25, -0.2) is 9.18 Å². The second-order valence-corrected chi connectivity index (χ2v) is 5.73. The maximum atomic E-state index is 13.2. The SMILES string of the molecule is CCOC(=O)NC(=S)Nc1[nH]nc(C(C)C)c1-c1ccc(F)cc1. The van der Waals surface area contributed by atoms with Crippen molar-refractivity contribution in [3.63, 3.8) is 0 Å². The lowest BCUT2D eigenvalue weighted by molar-refractivity contribution is 0.158. The van der Waals surface area contributed by atoms with E-state index >= 15 is 0 Å². The van der Waals surface area contributed by atoms with Crippen LogP contribution in [0.4, 0.5) is 15.0 Å². The molecule has 2 rings (SSSR count). The highest BCUT2D eigenvalue weighted by molar-refractivity contribution is 7.80. The second kappa shape index (κ2) is 7.87. The van der Waals surface area contributed by atoms with Crippen molar-refractivity contribution < 1.29 is 13.9 Å². The Morgan fingerprint density at radius 3 is 2.62 bits per heavy atom. The lowest BCUT2D eigenvalue weighted by atomic mass is 9.99. The van der Waals surface area contributed by atoms with Crippen molar-refractivity contribution in [1.82, 2.24) is 15.5 Å². The molecule has 0 aliphatic heterocycles. The third kappa shape index (κ3) is 4.29. The predicted molar refractivity (Wildman–Crippen MR) is 94.4 cm³/mol. The monoisotopic (exact) mass is 350 g/mol. The zero-order chi connectivity index (χ0) is 17.7. The van der Waals surface area contributed by atoms with Crippen LogP contribution >= 0.6 is 12.2 Å². The number of carbonyl (C=O) groups is 1. The number of aromatic nitrogens is 2. The third-order valence-electron chi connectivity index (χ3n) is 3.20. The molecule has 2 aromatic rings. The van der Waals surface area contributed by atoms with Gasteiger partial charge in [0.25, 0.3) is 0 Å². The minimum absolute atomic E-state index is 0.0794. The number of rotatable bonds is 4. The molecule has 6 nitrogen and oxygen atoms in total. The maximum Gasteiger partial charge on any atom is 0.413 e. The Bertz CT molecular complexity index is 728. The number of carbonyl (C=O) groups excluding carboxylic acids is 1. The summed E-state index contributed by atoms with van der Waals surface area (Å²) in [6.07, 6.45) is -0.637. The van der Waals surface area contributed by atoms with Gasteiger partial charge in [0.05, 0.1) is 12.3 Å². The summed E-state index contributed by atoms with van der Waals surface area (Å²) in [4.78, 5) is 11.4. The molecule has 0 radical (unpaired) electrons. The first-order valence-corrected chi connectivity index (χ1v) is 7.92. The van der Waals surface area contributed by atoms with Crippen molar-refractivity contribution in [2.75, 3.05) is 11.9 Å². The number of aromatic amines is 1. The van der Waals surface area contributed by atoms with Crippen molar-refractivity contribution in [1.29, 1.82) is 0 Å². The van der Waals surface area contributed by atoms with Gasteiger partial charge in [-0.2, -0.15) is 5.10 Å². The van der Waals surface area contributed by atoms with Gasteiger partial charge < -0.3 is 10.1 Å². The Morgan fingerprint density at radius 1 is 1.38 bits per heavy atom. The summed E-state index contributed by atoms with van der Waals surface area (Å²) in [5.41, 5.74) is 2.37. The molecule has 128 valence electrons. The van der Waals surface area contributed by atoms with E-state index in [1.54, 1.807) is 19.1 Å². The van der Waals surface area contributed by atoms with Gasteiger partial charge in [-0.15, -0.1) is 0 Å². The number of alkyl carbamates (subject to hydrolysis) is 1. The molecular formula is C16H19FN4O2S. The van der Waals surface area contributed by atoms with Crippen molar-refractivity contribution in [3.8, 4) is 11.1 Å². The molecule has 3 N–H and O–H groups in total. The summed E-state index contributed by atoms with van der Waals surface area (Å²) in [7, 11) is 0. The van der Waals surface area contributed by atoms with E-state index in [0.717, 1.165) is 16.8 Å². The Kier molecular flexibility index (Phi) is 5.86. The number of H-pyrrole nitrogens is 1. The van der Waals surface area contributed by atoms with Crippen LogP contribution in [-0.4, -0.2) is 28.0 Å². The molecule has 0 saturated carbocycles. The average molecular weight is 350 g/mol. The third-order valence-corrected chi connectivity index (χ3v) is 3.41. The van der Waals surface area contributed by atoms with Crippen LogP contribution in [0.5, 0.6) is 0 Å². The van der Waals surface area contributed by atoms with Crippen LogP contribution < -0.4 is 10.6 Å². The van der Waals surface area contributed by atoms with E-state index in [-0.39, 0.29) is 23.5 Å². The largest absolute Gasteiger partial charge is 0.450 e. The lowest BCUT2D eigenvalue weighted by Gasteiger charge is -2.11. The van der Waals surface area contributed by atoms with Crippen molar-refractivity contribution in [3.05, 3.63) is 35.8 Å². The van der Waals surface area contributed by atoms with Crippen LogP contribution in [0.3, 0.4) is 0 Å². The summed E-state index contributed by atoms with van der Waals surface area (Å²) >= 11 is 5.10. The van der Waals surface area contributed by atoms with E-state index in [2.05, 4.69) is 20.8 Å². The highest BCUT2D eigenvalue weighted by atomic mass is 32.1. The molecular weight excluding hydrogens is 331 g/mol. The van der Waals surface area contributed by atoms with Crippen LogP contribution in [0.1, 0.15) is 32.4 Å². The summed E-state index contributed by atoms with van der Waals surface area (Å²) in [5.74, 6) is 0.345. The molecule has 24 heavy (non-hydrogen) atoms. The van der Waals surface area contributed by atoms with Crippen LogP contribution in [0.2, 0.25) is 0 Å². The van der Waals surface area contributed by atoms with Crippen molar-refractivity contribution in [2.24, 2.45) is 0 Å². The number of benzene rings is 1. The molecule has 0 saturated heterocycles. The Labute approximate surface area is 144 Å². The van der Waals surface area contributed by atoms with Crippen LogP contribution in [0, 0.1) is 5.82 Å². The van der Waals surface area contributed by atoms with Gasteiger partial charge in [-0.05, 0) is 42.8 Å². The van der Waals surface area contributed by atoms with Gasteiger partial charge in [0, 0.05) is 5.56 Å². The number of nitrogens with zero attached hydrogens (tertiary/aromatic N) is 1. The molecule has 1 aromatic carbocycles. The molecule has 8 heteroatoms. The fourth-order valence-corrected chi connectivity index (χ4v) is 2.36. The summed E-state index contributed by atoms with van der Waals surface area (Å²) in [6, 6.07) is 6.09. The van der Waals surface area contributed by atoms with E-state index < -0.39 is 6.09 Å². The molecule has 0 unspecified atom stereocenters. The number of anilines is 1. The van der Waals surface area contributed by atoms with E-state index in [4.69, 9.17) is 17.0 Å². The molecule has 1 heterocycles. The maximum absolute atomic E-state index is 13.2. The second-order valence-electron chi connectivity index (χ2n) is 5.32. The number of hydrogen-bond donors (Lipinski definition) is 3. The van der Waals surface area contributed by atoms with Gasteiger partial charge in [0.2, 0.25) is 0 Å². The number of halogens is 1. The fourth-order valence-electron chi connectivity index (χ4n) is 2.18. The van der Waals surface area contributed by atoms with Gasteiger partial charge in [-0.3, -0.25) is 10.4 Å². The average Bonchev–Trinajstić information content (AvgIpc) is 2.91. The lowest BCUT2D eigenvalue weighted by Crippen LogP contribution is -2.34. The van der Waals surface area contributed by atoms with E-state index in [9.17, 15) is 9.18 Å². The number of nitrogens with one attached hydrogen (secondary N) is 3. The first-order chi connectivity index (χ1) is 11.4. The predicted octanol–water partition coefficient (Wildman–Crippen LogP) is 3.78. The summed E-state index contributed by atoms with van der Waals surface area (Å²) in [6.45, 7) is 5.95. The van der Waals surface area contributed by atoms with Gasteiger partial charge in [-0.1, -0.05) is 26.0 Å². The van der Waals surface area contributed by atoms with E-state index in [1.807, 2.05) is 13.8 Å². The highest BCUT2D eigenvalue weighted by Gasteiger charge is 2.19. The zero-order valence-electron chi connectivity index (χ0n) is 13.6. The zero-order valence-corrected chi connectivity index (χ0v) is 14.5. The Balaban J connectivity index is 2.29. The summed E-state index contributed by atoms with van der Waals surface area (Å²) in [5, 5.41) is 12.6. The van der Waals surface area contributed by atoms with Gasteiger partial charge in [0.1, 0.15) is 11.6 Å². The van der Waals surface area contributed by atoms with Crippen molar-refractivity contribution in [2.45, 2.75) is 26.7 Å². The van der Waals surface area contributed by atoms with Crippen LogP contribution in [-0.2, 0) is 4.74 Å². The van der Waals surface area contributed by atoms with Gasteiger partial charge >= 0.3 is 6.09 Å². The fraction of sp³-hybridized carbons (Fsp3) is 0.312. The quantitative estimate of drug-likeness (QED) is 0.731. The number of amides is 1. The smallest absolute Gasteiger partial charge is 0.413 e. The number of hydrogen-bond acceptors (Lipinski definition) is 4. The minimum Gasteiger partial charge on any atom is -0.450 e. The molecule has 0 aliphatic rings. The molecule has 0 spiro atoms. The van der Waals surface area contributed by atoms with Gasteiger partial charge in [0.15, 0.2) is 5.11 Å². The molecule has 1 amide bonds. The molecule has 0 aliphatic carbocycles. The molecule has 0 atom stereocenters. The van der Waals surface area contributed by atoms with Crippen molar-refractivity contribution >= 4 is 29.2 Å². The Morgan fingerprint density at radius 2 is 2.04 bits per heavy atom. The summed E-state index contributed by atoms with van der Waals surface area (Å²) < 4.78 is 18.0. The molecule has 0 bridgehead atoms.